The van der Waals surface area contributed by atoms with E-state index in [9.17, 15) is 4.79 Å². The molecule has 0 radical (unpaired) electrons. The molecule has 3 aliphatic rings. The van der Waals surface area contributed by atoms with Gasteiger partial charge in [-0.05, 0) is 49.0 Å². The molecule has 2 aliphatic heterocycles. The highest BCUT2D eigenvalue weighted by Crippen LogP contribution is 2.27. The Hall–Kier alpha value is -1.87. The van der Waals surface area contributed by atoms with E-state index in [0.29, 0.717) is 17.6 Å². The Balaban J connectivity index is 0.000000382. The first-order valence-electron chi connectivity index (χ1n) is 13.7. The molecule has 1 aromatic carbocycles. The third-order valence-corrected chi connectivity index (χ3v) is 6.75. The van der Waals surface area contributed by atoms with E-state index in [1.807, 2.05) is 0 Å². The highest BCUT2D eigenvalue weighted by atomic mass is 16.1. The van der Waals surface area contributed by atoms with Crippen LogP contribution in [0, 0.1) is 29.6 Å². The van der Waals surface area contributed by atoms with Gasteiger partial charge in [-0.25, -0.2) is 0 Å². The van der Waals surface area contributed by atoms with Gasteiger partial charge < -0.3 is 5.32 Å². The number of allylic oxidation sites excluding steroid dienone is 2. The van der Waals surface area contributed by atoms with Crippen LogP contribution in [0.3, 0.4) is 0 Å². The Morgan fingerprint density at radius 3 is 2.15 bits per heavy atom. The summed E-state index contributed by atoms with van der Waals surface area (Å²) in [5.41, 5.74) is 3.71. The van der Waals surface area contributed by atoms with E-state index in [1.165, 1.54) is 36.2 Å². The maximum atomic E-state index is 11.9. The quantitative estimate of drug-likeness (QED) is 0.486. The summed E-state index contributed by atoms with van der Waals surface area (Å²) < 4.78 is 0. The lowest BCUT2D eigenvalue weighted by Gasteiger charge is -2.36. The minimum absolute atomic E-state index is 0.194. The Bertz CT molecular complexity index is 788. The number of nitrogens with one attached hydrogen (secondary N) is 1. The lowest BCUT2D eigenvalue weighted by molar-refractivity contribution is -0.122. The Morgan fingerprint density at radius 2 is 1.65 bits per heavy atom. The first kappa shape index (κ1) is 28.4. The second kappa shape index (κ2) is 14.5. The summed E-state index contributed by atoms with van der Waals surface area (Å²) in [6, 6.07) is 10.5. The second-order valence-electron chi connectivity index (χ2n) is 11.4. The topological polar surface area (TPSA) is 32.3 Å². The van der Waals surface area contributed by atoms with E-state index >= 15 is 0 Å². The van der Waals surface area contributed by atoms with Crippen LogP contribution in [0.5, 0.6) is 0 Å². The molecule has 1 N–H and O–H groups in total. The molecule has 2 fully saturated rings. The molecule has 1 aromatic rings. The fourth-order valence-corrected chi connectivity index (χ4v) is 4.63. The lowest BCUT2D eigenvalue weighted by atomic mass is 9.88. The number of hydrogen-bond donors (Lipinski definition) is 1. The summed E-state index contributed by atoms with van der Waals surface area (Å²) in [4.78, 5) is 14.3. The molecule has 3 heteroatoms. The van der Waals surface area contributed by atoms with Gasteiger partial charge in [0.2, 0.25) is 0 Å². The smallest absolute Gasteiger partial charge is 0.134 e. The molecule has 0 spiro atoms. The van der Waals surface area contributed by atoms with Gasteiger partial charge in [-0.3, -0.25) is 9.69 Å². The number of carbonyl (C=O) groups excluding carboxylic acids is 1. The first-order chi connectivity index (χ1) is 16.2. The van der Waals surface area contributed by atoms with Crippen LogP contribution in [0.15, 0.2) is 48.2 Å². The zero-order valence-electron chi connectivity index (χ0n) is 22.9. The molecule has 190 valence electrons. The Morgan fingerprint density at radius 1 is 1.03 bits per heavy atom. The maximum absolute atomic E-state index is 11.9. The van der Waals surface area contributed by atoms with Crippen LogP contribution >= 0.6 is 0 Å². The minimum atomic E-state index is 0.194. The van der Waals surface area contributed by atoms with Gasteiger partial charge in [-0.1, -0.05) is 103 Å². The third-order valence-electron chi connectivity index (χ3n) is 6.75. The SMILES string of the molecule is CC(C)C.CC1CCC1.CCC1C=C(CN2CC(C)C[C@@H](C(C)=O)C2)NC(c2ccccc2)=C1. The van der Waals surface area contributed by atoms with Crippen molar-refractivity contribution < 1.29 is 4.79 Å². The van der Waals surface area contributed by atoms with Gasteiger partial charge in [0.1, 0.15) is 5.78 Å². The standard InChI is InChI=1S/C22H30N2O.C5H10.C4H10/c1-4-18-11-21(23-22(12-18)19-8-6-5-7-9-19)15-24-13-16(2)10-20(14-24)17(3)25;1-5-3-2-4-5;1-4(2)3/h5-9,11-12,16,18,20,23H,4,10,13-15H2,1-3H3;5H,2-4H2,1H3;4H,1-3H3/t16?,18?,20-;;/m1../s1. The molecule has 4 rings (SSSR count). The van der Waals surface area contributed by atoms with Gasteiger partial charge in [0.15, 0.2) is 0 Å². The molecule has 2 heterocycles. The number of rotatable bonds is 5. The number of piperidine rings is 1. The lowest BCUT2D eigenvalue weighted by Crippen LogP contribution is -2.44. The van der Waals surface area contributed by atoms with Crippen molar-refractivity contribution in [2.75, 3.05) is 19.6 Å². The fraction of sp³-hybridized carbons (Fsp3) is 0.645. The van der Waals surface area contributed by atoms with E-state index in [2.05, 4.69) is 94.2 Å². The van der Waals surface area contributed by atoms with Gasteiger partial charge in [0.25, 0.3) is 0 Å². The molecule has 3 atom stereocenters. The molecule has 34 heavy (non-hydrogen) atoms. The molecule has 0 bridgehead atoms. The maximum Gasteiger partial charge on any atom is 0.134 e. The molecule has 3 nitrogen and oxygen atoms in total. The summed E-state index contributed by atoms with van der Waals surface area (Å²) in [6.07, 6.45) is 11.3. The second-order valence-corrected chi connectivity index (χ2v) is 11.4. The van der Waals surface area contributed by atoms with E-state index in [1.54, 1.807) is 6.92 Å². The molecule has 1 saturated carbocycles. The van der Waals surface area contributed by atoms with E-state index in [4.69, 9.17) is 0 Å². The predicted octanol–water partition coefficient (Wildman–Crippen LogP) is 7.56. The molecule has 1 aliphatic carbocycles. The number of likely N-dealkylation sites (tertiary alicyclic amines) is 1. The highest BCUT2D eigenvalue weighted by Gasteiger charge is 2.28. The molecular formula is C31H50N2O. The average molecular weight is 467 g/mol. The number of ketones is 1. The van der Waals surface area contributed by atoms with Crippen molar-refractivity contribution in [3.63, 3.8) is 0 Å². The number of benzene rings is 1. The summed E-state index contributed by atoms with van der Waals surface area (Å²) in [7, 11) is 0. The van der Waals surface area contributed by atoms with Gasteiger partial charge in [-0.15, -0.1) is 0 Å². The number of carbonyl (C=O) groups is 1. The highest BCUT2D eigenvalue weighted by molar-refractivity contribution is 5.78. The summed E-state index contributed by atoms with van der Waals surface area (Å²) in [5.74, 6) is 3.47. The summed E-state index contributed by atoms with van der Waals surface area (Å²) >= 11 is 0. The van der Waals surface area contributed by atoms with Crippen molar-refractivity contribution in [3.8, 4) is 0 Å². The normalized spacial score (nSPS) is 24.9. The van der Waals surface area contributed by atoms with E-state index in [0.717, 1.165) is 44.3 Å². The number of dihydropyridines is 1. The molecule has 0 amide bonds. The van der Waals surface area contributed by atoms with Crippen molar-refractivity contribution in [1.29, 1.82) is 0 Å². The van der Waals surface area contributed by atoms with Crippen LogP contribution in [-0.4, -0.2) is 30.3 Å². The average Bonchev–Trinajstić information content (AvgIpc) is 2.77. The first-order valence-corrected chi connectivity index (χ1v) is 13.7. The zero-order valence-corrected chi connectivity index (χ0v) is 22.9. The van der Waals surface area contributed by atoms with E-state index < -0.39 is 0 Å². The molecule has 2 unspecified atom stereocenters. The molecule has 0 aromatic heterocycles. The van der Waals surface area contributed by atoms with Crippen LogP contribution < -0.4 is 5.32 Å². The van der Waals surface area contributed by atoms with Crippen molar-refractivity contribution in [2.24, 2.45) is 29.6 Å². The minimum Gasteiger partial charge on any atom is -0.358 e. The number of nitrogens with zero attached hydrogens (tertiary/aromatic N) is 1. The van der Waals surface area contributed by atoms with Crippen molar-refractivity contribution in [3.05, 3.63) is 53.7 Å². The van der Waals surface area contributed by atoms with Crippen LogP contribution in [0.1, 0.15) is 86.1 Å². The number of Topliss-reactive ketones (excluding diaryl/α,β-unsaturated/α-hetero) is 1. The van der Waals surface area contributed by atoms with Crippen molar-refractivity contribution in [2.45, 2.75) is 80.6 Å². The Kier molecular flexibility index (Phi) is 12.1. The van der Waals surface area contributed by atoms with Gasteiger partial charge >= 0.3 is 0 Å². The van der Waals surface area contributed by atoms with Crippen LogP contribution in [0.4, 0.5) is 0 Å². The summed E-state index contributed by atoms with van der Waals surface area (Å²) in [6.45, 7) is 17.9. The summed E-state index contributed by atoms with van der Waals surface area (Å²) in [5, 5.41) is 3.64. The van der Waals surface area contributed by atoms with Crippen molar-refractivity contribution in [1.82, 2.24) is 10.2 Å². The molecular weight excluding hydrogens is 416 g/mol. The monoisotopic (exact) mass is 466 g/mol. The van der Waals surface area contributed by atoms with Crippen molar-refractivity contribution >= 4 is 11.5 Å². The fourth-order valence-electron chi connectivity index (χ4n) is 4.63. The molecule has 1 saturated heterocycles. The Labute approximate surface area is 210 Å². The van der Waals surface area contributed by atoms with Gasteiger partial charge in [-0.2, -0.15) is 0 Å². The van der Waals surface area contributed by atoms with Crippen LogP contribution in [-0.2, 0) is 4.79 Å². The largest absolute Gasteiger partial charge is 0.358 e. The predicted molar refractivity (Wildman–Crippen MR) is 147 cm³/mol. The zero-order chi connectivity index (χ0) is 25.1. The van der Waals surface area contributed by atoms with Gasteiger partial charge in [0, 0.05) is 36.9 Å². The van der Waals surface area contributed by atoms with E-state index in [-0.39, 0.29) is 5.92 Å². The number of hydrogen-bond acceptors (Lipinski definition) is 3. The van der Waals surface area contributed by atoms with Crippen LogP contribution in [0.25, 0.3) is 5.70 Å². The third kappa shape index (κ3) is 10.2. The van der Waals surface area contributed by atoms with Gasteiger partial charge in [0.05, 0.1) is 0 Å². The van der Waals surface area contributed by atoms with Crippen LogP contribution in [0.2, 0.25) is 0 Å².